The lowest BCUT2D eigenvalue weighted by Crippen LogP contribution is -2.59. The molecular formula is C15H20BF3O2. The van der Waals surface area contributed by atoms with Crippen molar-refractivity contribution in [3.63, 3.8) is 0 Å². The summed E-state index contributed by atoms with van der Waals surface area (Å²) in [6.07, 6.45) is 0. The molecule has 0 aromatic heterocycles. The van der Waals surface area contributed by atoms with Crippen LogP contribution in [-0.2, 0) is 15.2 Å². The van der Waals surface area contributed by atoms with E-state index in [1.807, 2.05) is 27.7 Å². The summed E-state index contributed by atoms with van der Waals surface area (Å²) < 4.78 is 52.2. The number of rotatable bonds is 2. The van der Waals surface area contributed by atoms with Gasteiger partial charge in [-0.3, -0.25) is 0 Å². The van der Waals surface area contributed by atoms with Crippen LogP contribution in [0.5, 0.6) is 0 Å². The van der Waals surface area contributed by atoms with E-state index < -0.39 is 30.0 Å². The molecule has 21 heavy (non-hydrogen) atoms. The average molecular weight is 300 g/mol. The molecule has 1 aromatic carbocycles. The molecule has 0 amide bonds. The maximum atomic E-state index is 13.7. The van der Waals surface area contributed by atoms with Gasteiger partial charge in [0, 0.05) is 24.5 Å². The second-order valence-corrected chi connectivity index (χ2v) is 6.77. The molecule has 0 aliphatic carbocycles. The number of hydrogen-bond acceptors (Lipinski definition) is 2. The zero-order valence-corrected chi connectivity index (χ0v) is 13.0. The van der Waals surface area contributed by atoms with Crippen LogP contribution in [0.15, 0.2) is 18.2 Å². The quantitative estimate of drug-likeness (QED) is 0.779. The van der Waals surface area contributed by atoms with Gasteiger partial charge in [0.1, 0.15) is 5.82 Å². The van der Waals surface area contributed by atoms with Crippen LogP contribution in [0.2, 0.25) is 0 Å². The van der Waals surface area contributed by atoms with Crippen LogP contribution in [0.1, 0.15) is 40.2 Å². The SMILES string of the molecule is CC(F)(F)c1cc(F)ccc1B1OCC(C)(C)C(C)(C)O1. The molecule has 2 rings (SSSR count). The lowest BCUT2D eigenvalue weighted by Gasteiger charge is -2.47. The van der Waals surface area contributed by atoms with Crippen LogP contribution in [-0.4, -0.2) is 19.3 Å². The van der Waals surface area contributed by atoms with Gasteiger partial charge < -0.3 is 9.31 Å². The summed E-state index contributed by atoms with van der Waals surface area (Å²) in [6.45, 7) is 8.89. The Balaban J connectivity index is 2.40. The van der Waals surface area contributed by atoms with E-state index >= 15 is 0 Å². The summed E-state index contributed by atoms with van der Waals surface area (Å²) in [4.78, 5) is 0. The van der Waals surface area contributed by atoms with Crippen molar-refractivity contribution in [3.8, 4) is 0 Å². The molecule has 0 saturated carbocycles. The predicted octanol–water partition coefficient (Wildman–Crippen LogP) is 3.48. The van der Waals surface area contributed by atoms with Gasteiger partial charge in [-0.15, -0.1) is 0 Å². The van der Waals surface area contributed by atoms with Gasteiger partial charge in [-0.25, -0.2) is 13.2 Å². The second-order valence-electron chi connectivity index (χ2n) is 6.77. The van der Waals surface area contributed by atoms with Gasteiger partial charge >= 0.3 is 7.12 Å². The highest BCUT2D eigenvalue weighted by Gasteiger charge is 2.48. The molecular weight excluding hydrogens is 280 g/mol. The Morgan fingerprint density at radius 3 is 2.33 bits per heavy atom. The average Bonchev–Trinajstić information content (AvgIpc) is 2.32. The highest BCUT2D eigenvalue weighted by Crippen LogP contribution is 2.38. The number of alkyl halides is 2. The highest BCUT2D eigenvalue weighted by molar-refractivity contribution is 6.62. The molecule has 1 aromatic rings. The molecule has 6 heteroatoms. The minimum atomic E-state index is -3.17. The van der Waals surface area contributed by atoms with Crippen LogP contribution in [0.4, 0.5) is 13.2 Å². The van der Waals surface area contributed by atoms with E-state index in [1.54, 1.807) is 0 Å². The monoisotopic (exact) mass is 300 g/mol. The summed E-state index contributed by atoms with van der Waals surface area (Å²) in [5.41, 5.74) is -1.03. The third kappa shape index (κ3) is 3.11. The van der Waals surface area contributed by atoms with Crippen LogP contribution in [0.25, 0.3) is 0 Å². The Morgan fingerprint density at radius 2 is 1.81 bits per heavy atom. The summed E-state index contributed by atoms with van der Waals surface area (Å²) in [5, 5.41) is 0. The van der Waals surface area contributed by atoms with E-state index in [2.05, 4.69) is 0 Å². The molecule has 1 aliphatic heterocycles. The molecule has 1 saturated heterocycles. The number of benzene rings is 1. The molecule has 0 spiro atoms. The van der Waals surface area contributed by atoms with E-state index in [-0.39, 0.29) is 10.9 Å². The van der Waals surface area contributed by atoms with Gasteiger partial charge in [-0.2, -0.15) is 0 Å². The fourth-order valence-electron chi connectivity index (χ4n) is 2.19. The third-order valence-corrected chi connectivity index (χ3v) is 4.37. The molecule has 0 bridgehead atoms. The van der Waals surface area contributed by atoms with Crippen molar-refractivity contribution in [2.24, 2.45) is 5.41 Å². The predicted molar refractivity (Wildman–Crippen MR) is 76.3 cm³/mol. The number of hydrogen-bond donors (Lipinski definition) is 0. The Bertz CT molecular complexity index is 538. The van der Waals surface area contributed by atoms with Crippen LogP contribution < -0.4 is 5.46 Å². The van der Waals surface area contributed by atoms with Crippen LogP contribution in [0.3, 0.4) is 0 Å². The molecule has 2 nitrogen and oxygen atoms in total. The molecule has 0 N–H and O–H groups in total. The molecule has 0 unspecified atom stereocenters. The van der Waals surface area contributed by atoms with Crippen molar-refractivity contribution in [3.05, 3.63) is 29.6 Å². The van der Waals surface area contributed by atoms with Gasteiger partial charge in [-0.1, -0.05) is 19.9 Å². The van der Waals surface area contributed by atoms with E-state index in [0.717, 1.165) is 19.1 Å². The van der Waals surface area contributed by atoms with Crippen molar-refractivity contribution in [2.75, 3.05) is 6.61 Å². The lowest BCUT2D eigenvalue weighted by molar-refractivity contribution is -0.0940. The normalized spacial score (nSPS) is 21.4. The first-order valence-electron chi connectivity index (χ1n) is 6.91. The highest BCUT2D eigenvalue weighted by atomic mass is 19.3. The maximum absolute atomic E-state index is 13.7. The van der Waals surface area contributed by atoms with Crippen molar-refractivity contribution in [1.29, 1.82) is 0 Å². The minimum absolute atomic E-state index is 0.174. The fraction of sp³-hybridized carbons (Fsp3) is 0.600. The minimum Gasteiger partial charge on any atom is -0.407 e. The summed E-state index contributed by atoms with van der Waals surface area (Å²) >= 11 is 0. The standard InChI is InChI=1S/C15H20BF3O2/c1-13(2)9-20-16(21-14(13,3)4)12-7-6-10(17)8-11(12)15(5,18)19/h6-8H,9H2,1-5H3. The molecule has 1 aliphatic rings. The Morgan fingerprint density at radius 1 is 1.19 bits per heavy atom. The van der Waals surface area contributed by atoms with Crippen molar-refractivity contribution in [1.82, 2.24) is 0 Å². The Labute approximate surface area is 123 Å². The number of halogens is 3. The largest absolute Gasteiger partial charge is 0.494 e. The van der Waals surface area contributed by atoms with Crippen LogP contribution >= 0.6 is 0 Å². The van der Waals surface area contributed by atoms with Gasteiger partial charge in [0.05, 0.1) is 5.60 Å². The molecule has 0 radical (unpaired) electrons. The Hall–Kier alpha value is -1.01. The van der Waals surface area contributed by atoms with E-state index in [4.69, 9.17) is 9.31 Å². The fourth-order valence-corrected chi connectivity index (χ4v) is 2.19. The zero-order chi connectivity index (χ0) is 16.1. The first kappa shape index (κ1) is 16.4. The van der Waals surface area contributed by atoms with E-state index in [0.29, 0.717) is 6.61 Å². The van der Waals surface area contributed by atoms with Crippen molar-refractivity contribution in [2.45, 2.75) is 46.1 Å². The Kier molecular flexibility index (Phi) is 3.91. The van der Waals surface area contributed by atoms with Gasteiger partial charge in [0.25, 0.3) is 5.92 Å². The topological polar surface area (TPSA) is 18.5 Å². The van der Waals surface area contributed by atoms with Crippen molar-refractivity contribution < 1.29 is 22.5 Å². The second kappa shape index (κ2) is 5.02. The summed E-state index contributed by atoms with van der Waals surface area (Å²) in [5.74, 6) is -3.87. The van der Waals surface area contributed by atoms with Crippen molar-refractivity contribution >= 4 is 12.6 Å². The lowest BCUT2D eigenvalue weighted by atomic mass is 9.67. The van der Waals surface area contributed by atoms with Gasteiger partial charge in [0.2, 0.25) is 0 Å². The molecule has 0 atom stereocenters. The zero-order valence-electron chi connectivity index (χ0n) is 13.0. The molecule has 116 valence electrons. The van der Waals surface area contributed by atoms with Gasteiger partial charge in [0.15, 0.2) is 0 Å². The molecule has 1 heterocycles. The smallest absolute Gasteiger partial charge is 0.407 e. The van der Waals surface area contributed by atoms with E-state index in [9.17, 15) is 13.2 Å². The third-order valence-electron chi connectivity index (χ3n) is 4.37. The summed E-state index contributed by atoms with van der Waals surface area (Å²) in [7, 11) is -0.922. The first-order valence-corrected chi connectivity index (χ1v) is 6.91. The van der Waals surface area contributed by atoms with E-state index in [1.165, 1.54) is 6.07 Å². The maximum Gasteiger partial charge on any atom is 0.494 e. The van der Waals surface area contributed by atoms with Gasteiger partial charge in [-0.05, 0) is 31.4 Å². The molecule has 1 fully saturated rings. The first-order chi connectivity index (χ1) is 9.44. The van der Waals surface area contributed by atoms with Crippen LogP contribution in [0, 0.1) is 11.2 Å². The summed E-state index contributed by atoms with van der Waals surface area (Å²) in [6, 6.07) is 3.29.